The van der Waals surface area contributed by atoms with Crippen molar-refractivity contribution in [3.8, 4) is 0 Å². The highest BCUT2D eigenvalue weighted by atomic mass is 14.7. The van der Waals surface area contributed by atoms with Gasteiger partial charge in [0.1, 0.15) is 0 Å². The topological polar surface area (TPSA) is 12.9 Å². The standard InChI is InChI=1S/C37H33N/c1-24-17-22-34(29-12-4-3-11-28(24)29)36-32-15-7-5-13-30(32)35(31-14-6-8-16-33(31)36)26-18-20-27(21-19-26)37-25(2)10-9-23-38-37/h3-16,18,20,23,30,32H,17,19,21-22H2,1-2H3. The third-order valence-corrected chi connectivity index (χ3v) is 8.91. The van der Waals surface area contributed by atoms with Gasteiger partial charge in [-0.3, -0.25) is 4.98 Å². The van der Waals surface area contributed by atoms with Crippen molar-refractivity contribution < 1.29 is 0 Å². The van der Waals surface area contributed by atoms with E-state index in [-0.39, 0.29) is 0 Å². The van der Waals surface area contributed by atoms with Gasteiger partial charge in [-0.15, -0.1) is 0 Å². The average molecular weight is 492 g/mol. The van der Waals surface area contributed by atoms with Crippen LogP contribution in [0.5, 0.6) is 0 Å². The number of pyridine rings is 1. The maximum Gasteiger partial charge on any atom is 0.0690 e. The SMILES string of the molecule is CC1=c2ccccc2=C(C2=c3ccccc3=C(C3=CC=C(c4ncccc4C)CC3)C3C=CC=CC23)CC1. The van der Waals surface area contributed by atoms with E-state index in [1.54, 1.807) is 0 Å². The number of fused-ring (bicyclic) bond motifs is 3. The first kappa shape index (κ1) is 23.2. The van der Waals surface area contributed by atoms with Crippen molar-refractivity contribution in [2.24, 2.45) is 11.8 Å². The number of rotatable bonds is 3. The Morgan fingerprint density at radius 3 is 1.95 bits per heavy atom. The quantitative estimate of drug-likeness (QED) is 0.459. The third kappa shape index (κ3) is 3.72. The van der Waals surface area contributed by atoms with Crippen LogP contribution >= 0.6 is 0 Å². The van der Waals surface area contributed by atoms with Crippen LogP contribution in [0.2, 0.25) is 0 Å². The molecule has 2 atom stereocenters. The van der Waals surface area contributed by atoms with Crippen molar-refractivity contribution in [1.29, 1.82) is 0 Å². The lowest BCUT2D eigenvalue weighted by atomic mass is 9.67. The zero-order chi connectivity index (χ0) is 25.6. The van der Waals surface area contributed by atoms with Gasteiger partial charge in [-0.05, 0) is 99.9 Å². The molecule has 0 bridgehead atoms. The fourth-order valence-corrected chi connectivity index (χ4v) is 7.08. The van der Waals surface area contributed by atoms with Gasteiger partial charge in [0.05, 0.1) is 5.69 Å². The van der Waals surface area contributed by atoms with Crippen molar-refractivity contribution in [1.82, 2.24) is 4.98 Å². The van der Waals surface area contributed by atoms with E-state index in [1.807, 2.05) is 12.3 Å². The molecule has 1 heteroatoms. The second-order valence-electron chi connectivity index (χ2n) is 11.1. The molecule has 1 nitrogen and oxygen atoms in total. The summed E-state index contributed by atoms with van der Waals surface area (Å²) in [6, 6.07) is 22.4. The molecule has 1 aromatic heterocycles. The first-order chi connectivity index (χ1) is 18.7. The minimum absolute atomic E-state index is 0.356. The summed E-state index contributed by atoms with van der Waals surface area (Å²) in [5.74, 6) is 0.713. The highest BCUT2D eigenvalue weighted by Crippen LogP contribution is 2.44. The van der Waals surface area contributed by atoms with Gasteiger partial charge in [0.25, 0.3) is 0 Å². The Hall–Kier alpha value is -3.97. The van der Waals surface area contributed by atoms with E-state index < -0.39 is 0 Å². The fraction of sp³-hybridized carbons (Fsp3) is 0.216. The molecule has 1 heterocycles. The van der Waals surface area contributed by atoms with Crippen molar-refractivity contribution in [2.45, 2.75) is 39.5 Å². The first-order valence-corrected chi connectivity index (χ1v) is 14.0. The molecule has 2 aromatic carbocycles. The van der Waals surface area contributed by atoms with Crippen LogP contribution in [0, 0.1) is 18.8 Å². The minimum Gasteiger partial charge on any atom is -0.256 e. The fourth-order valence-electron chi connectivity index (χ4n) is 7.08. The van der Waals surface area contributed by atoms with Crippen molar-refractivity contribution in [3.63, 3.8) is 0 Å². The Morgan fingerprint density at radius 2 is 1.24 bits per heavy atom. The highest BCUT2D eigenvalue weighted by Gasteiger charge is 2.34. The normalized spacial score (nSPS) is 21.9. The summed E-state index contributed by atoms with van der Waals surface area (Å²) in [6.07, 6.45) is 20.4. The van der Waals surface area contributed by atoms with Crippen LogP contribution in [0.1, 0.15) is 43.9 Å². The maximum atomic E-state index is 4.69. The van der Waals surface area contributed by atoms with E-state index in [0.717, 1.165) is 31.4 Å². The van der Waals surface area contributed by atoms with Gasteiger partial charge in [-0.1, -0.05) is 96.6 Å². The molecule has 0 fully saturated rings. The molecule has 186 valence electrons. The van der Waals surface area contributed by atoms with Gasteiger partial charge in [-0.2, -0.15) is 0 Å². The predicted octanol–water partition coefficient (Wildman–Crippen LogP) is 5.68. The smallest absolute Gasteiger partial charge is 0.0690 e. The van der Waals surface area contributed by atoms with Crippen LogP contribution < -0.4 is 20.9 Å². The molecule has 0 N–H and O–H groups in total. The number of aryl methyl sites for hydroxylation is 1. The summed E-state index contributed by atoms with van der Waals surface area (Å²) >= 11 is 0. The molecule has 0 radical (unpaired) electrons. The summed E-state index contributed by atoms with van der Waals surface area (Å²) in [7, 11) is 0. The van der Waals surface area contributed by atoms with Gasteiger partial charge in [-0.25, -0.2) is 0 Å². The van der Waals surface area contributed by atoms with Crippen molar-refractivity contribution >= 4 is 27.9 Å². The van der Waals surface area contributed by atoms with Crippen LogP contribution in [0.15, 0.2) is 109 Å². The molecule has 0 amide bonds. The third-order valence-electron chi connectivity index (χ3n) is 8.91. The largest absolute Gasteiger partial charge is 0.256 e. The van der Waals surface area contributed by atoms with Gasteiger partial charge >= 0.3 is 0 Å². The molecule has 0 saturated heterocycles. The molecule has 4 aliphatic rings. The van der Waals surface area contributed by atoms with E-state index in [4.69, 9.17) is 4.98 Å². The van der Waals surface area contributed by atoms with E-state index >= 15 is 0 Å². The lowest BCUT2D eigenvalue weighted by molar-refractivity contribution is 0.681. The summed E-state index contributed by atoms with van der Waals surface area (Å²) in [5, 5.41) is 5.70. The number of nitrogens with zero attached hydrogens (tertiary/aromatic N) is 1. The minimum atomic E-state index is 0.356. The Morgan fingerprint density at radius 1 is 0.605 bits per heavy atom. The monoisotopic (exact) mass is 491 g/mol. The van der Waals surface area contributed by atoms with Crippen LogP contribution in [-0.4, -0.2) is 4.98 Å². The summed E-state index contributed by atoms with van der Waals surface area (Å²) < 4.78 is 0. The Balaban J connectivity index is 1.50. The zero-order valence-electron chi connectivity index (χ0n) is 22.2. The van der Waals surface area contributed by atoms with E-state index in [9.17, 15) is 0 Å². The molecule has 2 unspecified atom stereocenters. The Labute approximate surface area is 225 Å². The van der Waals surface area contributed by atoms with E-state index in [0.29, 0.717) is 11.8 Å². The number of allylic oxidation sites excluding steroid dienone is 8. The van der Waals surface area contributed by atoms with Gasteiger partial charge in [0, 0.05) is 18.0 Å². The molecule has 0 aliphatic heterocycles. The lowest BCUT2D eigenvalue weighted by Crippen LogP contribution is -2.42. The molecule has 0 saturated carbocycles. The number of aromatic nitrogens is 1. The molecule has 0 spiro atoms. The molecule has 38 heavy (non-hydrogen) atoms. The zero-order valence-corrected chi connectivity index (χ0v) is 22.2. The van der Waals surface area contributed by atoms with Crippen LogP contribution in [-0.2, 0) is 0 Å². The predicted molar refractivity (Wildman–Crippen MR) is 159 cm³/mol. The van der Waals surface area contributed by atoms with Crippen molar-refractivity contribution in [2.75, 3.05) is 0 Å². The number of hydrogen-bond acceptors (Lipinski definition) is 1. The van der Waals surface area contributed by atoms with Crippen LogP contribution in [0.3, 0.4) is 0 Å². The van der Waals surface area contributed by atoms with Crippen molar-refractivity contribution in [3.05, 3.63) is 141 Å². The van der Waals surface area contributed by atoms with E-state index in [2.05, 4.69) is 105 Å². The van der Waals surface area contributed by atoms with E-state index in [1.165, 1.54) is 59.9 Å². The molecule has 7 rings (SSSR count). The summed E-state index contributed by atoms with van der Waals surface area (Å²) in [4.78, 5) is 4.69. The second kappa shape index (κ2) is 9.40. The maximum absolute atomic E-state index is 4.69. The van der Waals surface area contributed by atoms with Gasteiger partial charge in [0.2, 0.25) is 0 Å². The lowest BCUT2D eigenvalue weighted by Gasteiger charge is -2.36. The van der Waals surface area contributed by atoms with Gasteiger partial charge in [0.15, 0.2) is 0 Å². The Kier molecular flexibility index (Phi) is 5.73. The number of benzene rings is 2. The average Bonchev–Trinajstić information content (AvgIpc) is 2.97. The molecular weight excluding hydrogens is 458 g/mol. The summed E-state index contributed by atoms with van der Waals surface area (Å²) in [5.41, 5.74) is 11.3. The summed E-state index contributed by atoms with van der Waals surface area (Å²) in [6.45, 7) is 4.47. The molecular formula is C37H33N. The molecule has 4 aliphatic carbocycles. The van der Waals surface area contributed by atoms with Crippen LogP contribution in [0.25, 0.3) is 27.9 Å². The van der Waals surface area contributed by atoms with Gasteiger partial charge < -0.3 is 0 Å². The first-order valence-electron chi connectivity index (χ1n) is 14.0. The second-order valence-corrected chi connectivity index (χ2v) is 11.1. The van der Waals surface area contributed by atoms with Crippen LogP contribution in [0.4, 0.5) is 0 Å². The highest BCUT2D eigenvalue weighted by molar-refractivity contribution is 5.95. The molecule has 3 aromatic rings. The number of hydrogen-bond donors (Lipinski definition) is 0. The Bertz CT molecular complexity index is 1840.